The molecule has 0 unspecified atom stereocenters. The highest BCUT2D eigenvalue weighted by Gasteiger charge is 2.37. The lowest BCUT2D eigenvalue weighted by Gasteiger charge is -2.39. The highest BCUT2D eigenvalue weighted by atomic mass is 35.5. The average Bonchev–Trinajstić information content (AvgIpc) is 3.41. The van der Waals surface area contributed by atoms with Crippen molar-refractivity contribution in [1.82, 2.24) is 20.1 Å². The standard InChI is InChI=1S/C23H26ClN7O/c24-17-2-1-3-18(12-17)31-14-19(25)21(29-31)28-22(32)16-4-5-20(27-13-16)30-10-7-23(8-11-30)6-9-26-15-23/h1-5,12-14,26H,6-11,15,25H2,(H,28,29,32). The van der Waals surface area contributed by atoms with Crippen molar-refractivity contribution in [2.75, 3.05) is 42.1 Å². The van der Waals surface area contributed by atoms with Crippen LogP contribution < -0.4 is 21.3 Å². The summed E-state index contributed by atoms with van der Waals surface area (Å²) in [6.07, 6.45) is 6.88. The lowest BCUT2D eigenvalue weighted by Crippen LogP contribution is -2.41. The molecule has 1 amide bonds. The summed E-state index contributed by atoms with van der Waals surface area (Å²) >= 11 is 6.05. The van der Waals surface area contributed by atoms with Crippen molar-refractivity contribution in [2.24, 2.45) is 5.41 Å². The fourth-order valence-corrected chi connectivity index (χ4v) is 4.74. The van der Waals surface area contributed by atoms with E-state index >= 15 is 0 Å². The number of aromatic nitrogens is 3. The van der Waals surface area contributed by atoms with Crippen molar-refractivity contribution >= 4 is 34.8 Å². The Labute approximate surface area is 191 Å². The van der Waals surface area contributed by atoms with Gasteiger partial charge in [-0.1, -0.05) is 17.7 Å². The van der Waals surface area contributed by atoms with Crippen LogP contribution in [0.5, 0.6) is 0 Å². The number of pyridine rings is 1. The fourth-order valence-electron chi connectivity index (χ4n) is 4.55. The van der Waals surface area contributed by atoms with Gasteiger partial charge in [-0.05, 0) is 61.6 Å². The molecule has 2 aliphatic rings. The smallest absolute Gasteiger partial charge is 0.258 e. The maximum atomic E-state index is 12.7. The van der Waals surface area contributed by atoms with Crippen LogP contribution in [-0.4, -0.2) is 46.9 Å². The number of carbonyl (C=O) groups excluding carboxylic acids is 1. The van der Waals surface area contributed by atoms with E-state index in [-0.39, 0.29) is 5.91 Å². The number of carbonyl (C=O) groups is 1. The SMILES string of the molecule is Nc1cn(-c2cccc(Cl)c2)nc1NC(=O)c1ccc(N2CCC3(CCNC3)CC2)nc1. The van der Waals surface area contributed by atoms with Crippen LogP contribution in [0, 0.1) is 5.41 Å². The van der Waals surface area contributed by atoms with Crippen LogP contribution in [0.1, 0.15) is 29.6 Å². The van der Waals surface area contributed by atoms with Gasteiger partial charge in [0.2, 0.25) is 0 Å². The quantitative estimate of drug-likeness (QED) is 0.562. The minimum Gasteiger partial charge on any atom is -0.394 e. The summed E-state index contributed by atoms with van der Waals surface area (Å²) in [5, 5.41) is 11.2. The maximum Gasteiger partial charge on any atom is 0.258 e. The number of amides is 1. The number of nitrogens with one attached hydrogen (secondary N) is 2. The van der Waals surface area contributed by atoms with Gasteiger partial charge in [0, 0.05) is 30.9 Å². The lowest BCUT2D eigenvalue weighted by molar-refractivity contribution is 0.102. The molecule has 0 aliphatic carbocycles. The monoisotopic (exact) mass is 451 g/mol. The van der Waals surface area contributed by atoms with Gasteiger partial charge in [0.15, 0.2) is 5.82 Å². The molecule has 0 radical (unpaired) electrons. The van der Waals surface area contributed by atoms with E-state index in [0.717, 1.165) is 37.7 Å². The molecule has 2 saturated heterocycles. The Bertz CT molecular complexity index is 1110. The summed E-state index contributed by atoms with van der Waals surface area (Å²) in [4.78, 5) is 19.6. The van der Waals surface area contributed by atoms with Gasteiger partial charge < -0.3 is 21.3 Å². The van der Waals surface area contributed by atoms with E-state index < -0.39 is 0 Å². The van der Waals surface area contributed by atoms with E-state index in [9.17, 15) is 4.79 Å². The van der Waals surface area contributed by atoms with E-state index in [1.54, 1.807) is 35.3 Å². The van der Waals surface area contributed by atoms with Gasteiger partial charge in [-0.2, -0.15) is 0 Å². The van der Waals surface area contributed by atoms with E-state index in [1.165, 1.54) is 19.3 Å². The number of nitrogens with two attached hydrogens (primary N) is 1. The Hall–Kier alpha value is -3.10. The van der Waals surface area contributed by atoms with Crippen molar-refractivity contribution in [3.05, 3.63) is 59.4 Å². The zero-order valence-electron chi connectivity index (χ0n) is 17.7. The van der Waals surface area contributed by atoms with E-state index in [4.69, 9.17) is 17.3 Å². The van der Waals surface area contributed by atoms with Gasteiger partial charge in [-0.15, -0.1) is 5.10 Å². The number of nitrogen functional groups attached to an aromatic ring is 1. The summed E-state index contributed by atoms with van der Waals surface area (Å²) in [6.45, 7) is 4.25. The Morgan fingerprint density at radius 3 is 2.72 bits per heavy atom. The van der Waals surface area contributed by atoms with E-state index in [1.807, 2.05) is 18.2 Å². The molecule has 3 aromatic rings. The fraction of sp³-hybridized carbons (Fsp3) is 0.348. The minimum absolute atomic E-state index is 0.297. The third kappa shape index (κ3) is 4.16. The van der Waals surface area contributed by atoms with Crippen molar-refractivity contribution in [3.63, 3.8) is 0 Å². The molecule has 0 saturated carbocycles. The number of nitrogens with zero attached hydrogens (tertiary/aromatic N) is 4. The molecule has 9 heteroatoms. The van der Waals surface area contributed by atoms with Gasteiger partial charge >= 0.3 is 0 Å². The summed E-state index contributed by atoms with van der Waals surface area (Å²) in [6, 6.07) is 10.9. The predicted octanol–water partition coefficient (Wildman–Crippen LogP) is 3.34. The van der Waals surface area contributed by atoms with Crippen LogP contribution in [0.2, 0.25) is 5.02 Å². The van der Waals surface area contributed by atoms with Gasteiger partial charge in [0.1, 0.15) is 5.82 Å². The number of halogens is 1. The second-order valence-corrected chi connectivity index (χ2v) is 9.07. The van der Waals surface area contributed by atoms with Crippen molar-refractivity contribution < 1.29 is 4.79 Å². The normalized spacial score (nSPS) is 17.6. The van der Waals surface area contributed by atoms with Crippen LogP contribution in [-0.2, 0) is 0 Å². The van der Waals surface area contributed by atoms with Gasteiger partial charge in [0.25, 0.3) is 5.91 Å². The Morgan fingerprint density at radius 1 is 1.19 bits per heavy atom. The third-order valence-electron chi connectivity index (χ3n) is 6.54. The topological polar surface area (TPSA) is 101 Å². The van der Waals surface area contributed by atoms with Gasteiger partial charge in [0.05, 0.1) is 23.1 Å². The van der Waals surface area contributed by atoms with Crippen LogP contribution >= 0.6 is 11.6 Å². The number of rotatable bonds is 4. The van der Waals surface area contributed by atoms with Crippen LogP contribution in [0.25, 0.3) is 5.69 Å². The van der Waals surface area contributed by atoms with E-state index in [0.29, 0.717) is 27.5 Å². The number of piperidine rings is 1. The minimum atomic E-state index is -0.304. The first-order chi connectivity index (χ1) is 15.5. The van der Waals surface area contributed by atoms with Crippen LogP contribution in [0.15, 0.2) is 48.8 Å². The predicted molar refractivity (Wildman–Crippen MR) is 127 cm³/mol. The first kappa shape index (κ1) is 20.8. The molecule has 0 bridgehead atoms. The molecule has 2 fully saturated rings. The molecule has 1 spiro atoms. The maximum absolute atomic E-state index is 12.7. The molecule has 8 nitrogen and oxygen atoms in total. The van der Waals surface area contributed by atoms with Crippen LogP contribution in [0.3, 0.4) is 0 Å². The summed E-state index contributed by atoms with van der Waals surface area (Å²) < 4.78 is 1.58. The third-order valence-corrected chi connectivity index (χ3v) is 6.77. The highest BCUT2D eigenvalue weighted by molar-refractivity contribution is 6.30. The number of hydrogen-bond acceptors (Lipinski definition) is 6. The Balaban J connectivity index is 1.24. The van der Waals surface area contributed by atoms with Crippen molar-refractivity contribution in [2.45, 2.75) is 19.3 Å². The first-order valence-corrected chi connectivity index (χ1v) is 11.2. The van der Waals surface area contributed by atoms with Crippen molar-refractivity contribution in [3.8, 4) is 5.69 Å². The molecular formula is C23H26ClN7O. The number of benzene rings is 1. The second kappa shape index (κ2) is 8.44. The molecule has 32 heavy (non-hydrogen) atoms. The zero-order chi connectivity index (χ0) is 22.1. The second-order valence-electron chi connectivity index (χ2n) is 8.63. The molecule has 4 N–H and O–H groups in total. The molecule has 5 rings (SSSR count). The average molecular weight is 452 g/mol. The zero-order valence-corrected chi connectivity index (χ0v) is 18.5. The summed E-state index contributed by atoms with van der Waals surface area (Å²) in [5.41, 5.74) is 8.10. The van der Waals surface area contributed by atoms with Crippen molar-refractivity contribution in [1.29, 1.82) is 0 Å². The Kier molecular flexibility index (Phi) is 5.48. The van der Waals surface area contributed by atoms with Crippen LogP contribution in [0.4, 0.5) is 17.3 Å². The number of hydrogen-bond donors (Lipinski definition) is 3. The molecule has 0 atom stereocenters. The first-order valence-electron chi connectivity index (χ1n) is 10.9. The lowest BCUT2D eigenvalue weighted by atomic mass is 9.78. The Morgan fingerprint density at radius 2 is 2.03 bits per heavy atom. The molecule has 166 valence electrons. The summed E-state index contributed by atoms with van der Waals surface area (Å²) in [5.74, 6) is 0.902. The molecule has 1 aromatic carbocycles. The van der Waals surface area contributed by atoms with E-state index in [2.05, 4.69) is 25.6 Å². The summed E-state index contributed by atoms with van der Waals surface area (Å²) in [7, 11) is 0. The molecule has 4 heterocycles. The molecule has 2 aromatic heterocycles. The van der Waals surface area contributed by atoms with Gasteiger partial charge in [-0.3, -0.25) is 4.79 Å². The van der Waals surface area contributed by atoms with Gasteiger partial charge in [-0.25, -0.2) is 9.67 Å². The highest BCUT2D eigenvalue weighted by Crippen LogP contribution is 2.37. The molecule has 2 aliphatic heterocycles. The molecular weight excluding hydrogens is 426 g/mol. The largest absolute Gasteiger partial charge is 0.394 e. The number of anilines is 3.